The van der Waals surface area contributed by atoms with E-state index in [1.807, 2.05) is 0 Å². The molecule has 0 bridgehead atoms. The molecule has 0 heterocycles. The van der Waals surface area contributed by atoms with E-state index >= 15 is 0 Å². The number of halogens is 19. The number of rotatable bonds is 11. The van der Waals surface area contributed by atoms with E-state index in [1.165, 1.54) is 4.74 Å². The van der Waals surface area contributed by atoms with Gasteiger partial charge in [0.05, 0.1) is 0 Å². The van der Waals surface area contributed by atoms with Gasteiger partial charge in [0, 0.05) is 0 Å². The first kappa shape index (κ1) is 32.4. The molecule has 0 aliphatic rings. The number of ether oxygens (including phenoxy) is 3. The van der Waals surface area contributed by atoms with Crippen LogP contribution >= 0.6 is 11.6 Å². The Bertz CT molecular complexity index is 761. The van der Waals surface area contributed by atoms with Crippen molar-refractivity contribution in [3.63, 3.8) is 0 Å². The van der Waals surface area contributed by atoms with Crippen LogP contribution in [0.2, 0.25) is 0 Å². The topological polar surface area (TPSA) is 65.0 Å². The second kappa shape index (κ2) is 8.50. The van der Waals surface area contributed by atoms with Gasteiger partial charge in [-0.2, -0.15) is 57.1 Å². The lowest BCUT2D eigenvalue weighted by molar-refractivity contribution is -0.586. The van der Waals surface area contributed by atoms with E-state index < -0.39 is 59.8 Å². The van der Waals surface area contributed by atoms with Gasteiger partial charge in [0.1, 0.15) is 0 Å². The summed E-state index contributed by atoms with van der Waals surface area (Å²) in [5.74, 6) is -28.7. The lowest BCUT2D eigenvalue weighted by Gasteiger charge is -2.40. The fraction of sp³-hybridized carbons (Fsp3) is 0.900. The van der Waals surface area contributed by atoms with Crippen molar-refractivity contribution in [2.24, 2.45) is 0 Å². The van der Waals surface area contributed by atoms with Crippen LogP contribution in [0.5, 0.6) is 0 Å². The molecule has 0 aliphatic heterocycles. The maximum atomic E-state index is 13.2. The number of carbonyl (C=O) groups is 1. The van der Waals surface area contributed by atoms with Crippen LogP contribution in [0.15, 0.2) is 0 Å². The Morgan fingerprint density at radius 2 is 0.912 bits per heavy atom. The van der Waals surface area contributed by atoms with E-state index in [9.17, 15) is 83.8 Å². The van der Waals surface area contributed by atoms with Crippen LogP contribution < -0.4 is 0 Å². The smallest absolute Gasteiger partial charge is 0.475 e. The zero-order chi connectivity index (χ0) is 28.2. The summed E-state index contributed by atoms with van der Waals surface area (Å²) in [5.41, 5.74) is 0. The molecule has 0 amide bonds. The molecule has 0 aromatic heterocycles. The van der Waals surface area contributed by atoms with Gasteiger partial charge in [-0.25, -0.2) is 23.4 Å². The van der Waals surface area contributed by atoms with E-state index in [1.54, 1.807) is 9.47 Å². The van der Waals surface area contributed by atoms with Crippen molar-refractivity contribution in [3.8, 4) is 0 Å². The normalized spacial score (nSPS) is 17.5. The second-order valence-electron chi connectivity index (χ2n) is 5.37. The molecule has 0 radical (unpaired) electrons. The number of aliphatic carboxylic acids is 1. The van der Waals surface area contributed by atoms with Crippen LogP contribution in [-0.2, 0) is 19.0 Å². The van der Waals surface area contributed by atoms with Crippen LogP contribution in [0.1, 0.15) is 0 Å². The predicted octanol–water partition coefficient (Wildman–Crippen LogP) is 5.78. The standard InChI is InChI=1S/C10HClF18O5/c11-3(14,7(21,22)23)4(15,16)5(17,18)6(19,20)8(24,25)33-10(28,29)34-9(26,27)32-2(12,13)1(30)31/h(H,30,31). The van der Waals surface area contributed by atoms with Gasteiger partial charge in [-0.15, -0.1) is 17.6 Å². The van der Waals surface area contributed by atoms with Gasteiger partial charge in [-0.1, -0.05) is 11.6 Å². The van der Waals surface area contributed by atoms with E-state index in [2.05, 4.69) is 11.6 Å². The first-order valence-electron chi connectivity index (χ1n) is 6.74. The molecule has 1 atom stereocenters. The Hall–Kier alpha value is -1.62. The highest BCUT2D eigenvalue weighted by atomic mass is 35.5. The van der Waals surface area contributed by atoms with Gasteiger partial charge >= 0.3 is 59.8 Å². The van der Waals surface area contributed by atoms with Crippen molar-refractivity contribution < 1.29 is 103 Å². The average Bonchev–Trinajstić information content (AvgIpc) is 2.49. The highest BCUT2D eigenvalue weighted by Crippen LogP contribution is 2.61. The quantitative estimate of drug-likeness (QED) is 0.191. The van der Waals surface area contributed by atoms with Gasteiger partial charge in [0.25, 0.3) is 0 Å². The molecule has 1 unspecified atom stereocenters. The summed E-state index contributed by atoms with van der Waals surface area (Å²) in [6.45, 7) is 0. The minimum Gasteiger partial charge on any atom is -0.475 e. The molecular weight excluding hydrogens is 578 g/mol. The first-order valence-corrected chi connectivity index (χ1v) is 7.12. The third kappa shape index (κ3) is 5.78. The number of hydrogen-bond donors (Lipinski definition) is 1. The predicted molar refractivity (Wildman–Crippen MR) is 61.3 cm³/mol. The maximum Gasteiger partial charge on any atom is 0.497 e. The molecular formula is C10HClF18O5. The number of alkyl halides is 19. The molecule has 0 spiro atoms. The van der Waals surface area contributed by atoms with E-state index in [0.29, 0.717) is 0 Å². The molecule has 0 rings (SSSR count). The van der Waals surface area contributed by atoms with E-state index in [-0.39, 0.29) is 0 Å². The molecule has 0 saturated carbocycles. The Morgan fingerprint density at radius 1 is 0.559 bits per heavy atom. The Morgan fingerprint density at radius 3 is 1.24 bits per heavy atom. The summed E-state index contributed by atoms with van der Waals surface area (Å²) in [5, 5.41) is 0.421. The monoisotopic (exact) mass is 578 g/mol. The lowest BCUT2D eigenvalue weighted by Crippen LogP contribution is -2.70. The fourth-order valence-corrected chi connectivity index (χ4v) is 1.46. The van der Waals surface area contributed by atoms with Crippen molar-refractivity contribution in [2.45, 2.75) is 53.9 Å². The van der Waals surface area contributed by atoms with Crippen LogP contribution in [0.4, 0.5) is 79.0 Å². The highest BCUT2D eigenvalue weighted by molar-refractivity contribution is 6.24. The lowest BCUT2D eigenvalue weighted by atomic mass is 9.98. The fourth-order valence-electron chi connectivity index (χ4n) is 1.34. The SMILES string of the molecule is O=C(O)C(F)(F)OC(F)(F)OC(F)(F)OC(F)(F)C(F)(F)C(F)(F)C(F)(F)C(F)(Cl)C(F)(F)F. The maximum absolute atomic E-state index is 13.2. The molecule has 0 fully saturated rings. The zero-order valence-electron chi connectivity index (χ0n) is 14.3. The van der Waals surface area contributed by atoms with Crippen molar-refractivity contribution in [1.82, 2.24) is 0 Å². The summed E-state index contributed by atoms with van der Waals surface area (Å²) in [6, 6.07) is 0. The minimum atomic E-state index is -8.43. The number of hydrogen-bond acceptors (Lipinski definition) is 4. The minimum absolute atomic E-state index is 1.33. The highest BCUT2D eigenvalue weighted by Gasteiger charge is 2.91. The average molecular weight is 579 g/mol. The number of carboxylic acid groups (broad SMARTS) is 1. The summed E-state index contributed by atoms with van der Waals surface area (Å²) in [7, 11) is 0. The van der Waals surface area contributed by atoms with Gasteiger partial charge < -0.3 is 5.11 Å². The molecule has 0 saturated heterocycles. The van der Waals surface area contributed by atoms with Crippen molar-refractivity contribution in [3.05, 3.63) is 0 Å². The summed E-state index contributed by atoms with van der Waals surface area (Å²) >= 11 is 3.40. The van der Waals surface area contributed by atoms with Crippen LogP contribution in [-0.4, -0.2) is 65.0 Å². The molecule has 5 nitrogen and oxygen atoms in total. The van der Waals surface area contributed by atoms with Gasteiger partial charge in [-0.05, 0) is 0 Å². The zero-order valence-corrected chi connectivity index (χ0v) is 15.0. The van der Waals surface area contributed by atoms with E-state index in [0.717, 1.165) is 0 Å². The molecule has 0 aromatic carbocycles. The van der Waals surface area contributed by atoms with Gasteiger partial charge in [-0.3, -0.25) is 0 Å². The van der Waals surface area contributed by atoms with Gasteiger partial charge in [0.2, 0.25) is 0 Å². The van der Waals surface area contributed by atoms with Crippen LogP contribution in [0.3, 0.4) is 0 Å². The third-order valence-corrected chi connectivity index (χ3v) is 3.34. The van der Waals surface area contributed by atoms with Crippen molar-refractivity contribution in [2.75, 3.05) is 0 Å². The molecule has 1 N–H and O–H groups in total. The molecule has 204 valence electrons. The largest absolute Gasteiger partial charge is 0.497 e. The van der Waals surface area contributed by atoms with Crippen LogP contribution in [0, 0.1) is 0 Å². The molecule has 34 heavy (non-hydrogen) atoms. The summed E-state index contributed by atoms with van der Waals surface area (Å²) in [6.07, 6.45) is -35.7. The van der Waals surface area contributed by atoms with E-state index in [4.69, 9.17) is 5.11 Å². The summed E-state index contributed by atoms with van der Waals surface area (Å²) < 4.78 is 235. The number of carboxylic acids is 1. The van der Waals surface area contributed by atoms with Crippen LogP contribution in [0.25, 0.3) is 0 Å². The molecule has 0 aliphatic carbocycles. The Balaban J connectivity index is 6.16. The third-order valence-electron chi connectivity index (χ3n) is 2.89. The van der Waals surface area contributed by atoms with Crippen molar-refractivity contribution >= 4 is 17.6 Å². The first-order chi connectivity index (χ1) is 14.3. The Labute approximate surface area is 176 Å². The second-order valence-corrected chi connectivity index (χ2v) is 5.89. The summed E-state index contributed by atoms with van der Waals surface area (Å²) in [4.78, 5) is 9.80. The Kier molecular flexibility index (Phi) is 8.09. The molecule has 24 heteroatoms. The van der Waals surface area contributed by atoms with Crippen molar-refractivity contribution in [1.29, 1.82) is 0 Å². The molecule has 0 aromatic rings. The van der Waals surface area contributed by atoms with Gasteiger partial charge in [0.15, 0.2) is 0 Å².